The lowest BCUT2D eigenvalue weighted by Gasteiger charge is -2.17. The molecule has 20 heavy (non-hydrogen) atoms. The predicted molar refractivity (Wildman–Crippen MR) is 78.0 cm³/mol. The van der Waals surface area contributed by atoms with E-state index in [2.05, 4.69) is 15.9 Å². The molecule has 1 atom stereocenters. The maximum absolute atomic E-state index is 12.5. The van der Waals surface area contributed by atoms with Crippen LogP contribution < -0.4 is 0 Å². The molecule has 1 heterocycles. The van der Waals surface area contributed by atoms with Crippen molar-refractivity contribution in [2.75, 3.05) is 13.1 Å². The van der Waals surface area contributed by atoms with E-state index in [9.17, 15) is 13.2 Å². The van der Waals surface area contributed by atoms with Crippen LogP contribution in [0, 0.1) is 12.8 Å². The van der Waals surface area contributed by atoms with Gasteiger partial charge in [0, 0.05) is 24.0 Å². The number of sulfonamides is 1. The van der Waals surface area contributed by atoms with Gasteiger partial charge < -0.3 is 5.11 Å². The van der Waals surface area contributed by atoms with Gasteiger partial charge in [-0.3, -0.25) is 4.79 Å². The molecule has 0 bridgehead atoms. The maximum Gasteiger partial charge on any atom is 0.303 e. The van der Waals surface area contributed by atoms with E-state index in [4.69, 9.17) is 5.11 Å². The number of carboxylic acids is 1. The van der Waals surface area contributed by atoms with Crippen LogP contribution in [0.4, 0.5) is 0 Å². The number of carbonyl (C=O) groups is 1. The fraction of sp³-hybridized carbons (Fsp3) is 0.462. The van der Waals surface area contributed by atoms with Gasteiger partial charge in [-0.15, -0.1) is 0 Å². The lowest BCUT2D eigenvalue weighted by atomic mass is 10.1. The number of aliphatic carboxylic acids is 1. The molecule has 2 rings (SSSR count). The van der Waals surface area contributed by atoms with Crippen LogP contribution in [0.2, 0.25) is 0 Å². The van der Waals surface area contributed by atoms with Gasteiger partial charge in [0.1, 0.15) is 0 Å². The molecule has 1 aromatic carbocycles. The number of benzene rings is 1. The molecule has 0 aromatic heterocycles. The van der Waals surface area contributed by atoms with Gasteiger partial charge in [0.05, 0.1) is 4.90 Å². The molecule has 1 aromatic rings. The summed E-state index contributed by atoms with van der Waals surface area (Å²) in [5, 5.41) is 8.78. The third-order valence-electron chi connectivity index (χ3n) is 3.42. The molecule has 0 aliphatic carbocycles. The van der Waals surface area contributed by atoms with E-state index in [0.29, 0.717) is 17.4 Å². The zero-order chi connectivity index (χ0) is 14.9. The second kappa shape index (κ2) is 5.83. The minimum absolute atomic E-state index is 0.0150. The highest BCUT2D eigenvalue weighted by Crippen LogP contribution is 2.30. The van der Waals surface area contributed by atoms with Crippen LogP contribution in [-0.4, -0.2) is 36.9 Å². The normalized spacial score (nSPS) is 20.2. The summed E-state index contributed by atoms with van der Waals surface area (Å²) in [7, 11) is -3.56. The summed E-state index contributed by atoms with van der Waals surface area (Å²) in [5.41, 5.74) is 0.973. The minimum Gasteiger partial charge on any atom is -0.481 e. The lowest BCUT2D eigenvalue weighted by Crippen LogP contribution is -2.29. The summed E-state index contributed by atoms with van der Waals surface area (Å²) in [5.74, 6) is -0.989. The van der Waals surface area contributed by atoms with Crippen molar-refractivity contribution in [2.24, 2.45) is 5.92 Å². The summed E-state index contributed by atoms with van der Waals surface area (Å²) < 4.78 is 27.0. The van der Waals surface area contributed by atoms with E-state index in [1.165, 1.54) is 4.31 Å². The second-order valence-corrected chi connectivity index (χ2v) is 7.81. The van der Waals surface area contributed by atoms with Crippen molar-refractivity contribution in [1.82, 2.24) is 4.31 Å². The molecule has 0 spiro atoms. The van der Waals surface area contributed by atoms with Gasteiger partial charge in [-0.2, -0.15) is 4.31 Å². The van der Waals surface area contributed by atoms with Crippen molar-refractivity contribution < 1.29 is 18.3 Å². The van der Waals surface area contributed by atoms with Gasteiger partial charge in [-0.1, -0.05) is 6.07 Å². The van der Waals surface area contributed by atoms with Gasteiger partial charge in [0.25, 0.3) is 0 Å². The van der Waals surface area contributed by atoms with E-state index in [1.54, 1.807) is 18.2 Å². The SMILES string of the molecule is Cc1ccc(S(=O)(=O)N2CCC(CC(=O)O)C2)c(Br)c1. The molecule has 1 N–H and O–H groups in total. The van der Waals surface area contributed by atoms with Crippen LogP contribution in [-0.2, 0) is 14.8 Å². The molecule has 0 amide bonds. The number of aryl methyl sites for hydroxylation is 1. The van der Waals surface area contributed by atoms with Crippen molar-refractivity contribution in [1.29, 1.82) is 0 Å². The highest BCUT2D eigenvalue weighted by Gasteiger charge is 2.34. The van der Waals surface area contributed by atoms with Crippen molar-refractivity contribution in [2.45, 2.75) is 24.7 Å². The van der Waals surface area contributed by atoms with Crippen molar-refractivity contribution >= 4 is 31.9 Å². The number of hydrogen-bond acceptors (Lipinski definition) is 3. The van der Waals surface area contributed by atoms with Gasteiger partial charge in [0.15, 0.2) is 0 Å². The zero-order valence-electron chi connectivity index (χ0n) is 11.0. The minimum atomic E-state index is -3.56. The maximum atomic E-state index is 12.5. The highest BCUT2D eigenvalue weighted by molar-refractivity contribution is 9.10. The molecule has 7 heteroatoms. The molecule has 1 fully saturated rings. The number of carboxylic acid groups (broad SMARTS) is 1. The van der Waals surface area contributed by atoms with Gasteiger partial charge >= 0.3 is 5.97 Å². The first kappa shape index (κ1) is 15.5. The smallest absolute Gasteiger partial charge is 0.303 e. The summed E-state index contributed by atoms with van der Waals surface area (Å²) in [6, 6.07) is 5.10. The van der Waals surface area contributed by atoms with Crippen LogP contribution in [0.25, 0.3) is 0 Å². The van der Waals surface area contributed by atoms with E-state index in [1.807, 2.05) is 6.92 Å². The Morgan fingerprint density at radius 3 is 2.80 bits per heavy atom. The Hall–Kier alpha value is -0.920. The first-order valence-electron chi connectivity index (χ1n) is 6.29. The fourth-order valence-electron chi connectivity index (χ4n) is 2.38. The standard InChI is InChI=1S/C13H16BrNO4S/c1-9-2-3-12(11(14)6-9)20(18,19)15-5-4-10(8-15)7-13(16)17/h2-3,6,10H,4-5,7-8H2,1H3,(H,16,17). The van der Waals surface area contributed by atoms with Gasteiger partial charge in [-0.25, -0.2) is 8.42 Å². The highest BCUT2D eigenvalue weighted by atomic mass is 79.9. The third kappa shape index (κ3) is 3.21. The van der Waals surface area contributed by atoms with E-state index in [-0.39, 0.29) is 23.8 Å². The summed E-state index contributed by atoms with van der Waals surface area (Å²) in [6.07, 6.45) is 0.607. The Kier molecular flexibility index (Phi) is 4.51. The average molecular weight is 362 g/mol. The van der Waals surface area contributed by atoms with E-state index in [0.717, 1.165) is 5.56 Å². The van der Waals surface area contributed by atoms with E-state index >= 15 is 0 Å². The number of rotatable bonds is 4. The van der Waals surface area contributed by atoms with Crippen LogP contribution in [0.3, 0.4) is 0 Å². The summed E-state index contributed by atoms with van der Waals surface area (Å²) >= 11 is 3.29. The molecular weight excluding hydrogens is 346 g/mol. The Morgan fingerprint density at radius 2 is 2.20 bits per heavy atom. The molecule has 0 saturated carbocycles. The molecule has 5 nitrogen and oxygen atoms in total. The fourth-order valence-corrected chi connectivity index (χ4v) is 5.07. The topological polar surface area (TPSA) is 74.7 Å². The Balaban J connectivity index is 2.21. The molecule has 1 aliphatic rings. The largest absolute Gasteiger partial charge is 0.481 e. The van der Waals surface area contributed by atoms with Crippen LogP contribution in [0.15, 0.2) is 27.6 Å². The monoisotopic (exact) mass is 361 g/mol. The Morgan fingerprint density at radius 1 is 1.50 bits per heavy atom. The Bertz CT molecular complexity index is 629. The van der Waals surface area contributed by atoms with Gasteiger partial charge in [-0.05, 0) is 52.9 Å². The number of halogens is 1. The quantitative estimate of drug-likeness (QED) is 0.892. The molecule has 110 valence electrons. The van der Waals surface area contributed by atoms with Crippen LogP contribution in [0.1, 0.15) is 18.4 Å². The molecule has 1 saturated heterocycles. The van der Waals surface area contributed by atoms with Crippen molar-refractivity contribution in [3.63, 3.8) is 0 Å². The van der Waals surface area contributed by atoms with Crippen molar-refractivity contribution in [3.8, 4) is 0 Å². The first-order valence-corrected chi connectivity index (χ1v) is 8.52. The molecule has 1 unspecified atom stereocenters. The van der Waals surface area contributed by atoms with Crippen LogP contribution in [0.5, 0.6) is 0 Å². The number of hydrogen-bond donors (Lipinski definition) is 1. The summed E-state index contributed by atoms with van der Waals surface area (Å²) in [4.78, 5) is 10.9. The predicted octanol–water partition coefficient (Wildman–Crippen LogP) is 2.24. The van der Waals surface area contributed by atoms with E-state index < -0.39 is 16.0 Å². The average Bonchev–Trinajstić information content (AvgIpc) is 2.76. The van der Waals surface area contributed by atoms with Crippen molar-refractivity contribution in [3.05, 3.63) is 28.2 Å². The van der Waals surface area contributed by atoms with Gasteiger partial charge in [0.2, 0.25) is 10.0 Å². The molecule has 0 radical (unpaired) electrons. The zero-order valence-corrected chi connectivity index (χ0v) is 13.4. The second-order valence-electron chi connectivity index (χ2n) is 5.05. The Labute approximate surface area is 126 Å². The van der Waals surface area contributed by atoms with Crippen LogP contribution >= 0.6 is 15.9 Å². The lowest BCUT2D eigenvalue weighted by molar-refractivity contribution is -0.137. The molecule has 1 aliphatic heterocycles. The summed E-state index contributed by atoms with van der Waals surface area (Å²) in [6.45, 7) is 2.54. The first-order chi connectivity index (χ1) is 9.30. The molecular formula is C13H16BrNO4S. The number of nitrogens with zero attached hydrogens (tertiary/aromatic N) is 1. The third-order valence-corrected chi connectivity index (χ3v) is 6.26.